The minimum absolute atomic E-state index is 0.346. The Labute approximate surface area is 119 Å². The zero-order valence-electron chi connectivity index (χ0n) is 11.8. The van der Waals surface area contributed by atoms with Crippen LogP contribution in [0.5, 0.6) is 0 Å². The van der Waals surface area contributed by atoms with Crippen molar-refractivity contribution in [2.24, 2.45) is 5.73 Å². The van der Waals surface area contributed by atoms with Crippen molar-refractivity contribution in [2.45, 2.75) is 25.9 Å². The Morgan fingerprint density at radius 1 is 1.32 bits per heavy atom. The third kappa shape index (κ3) is 3.86. The monoisotopic (exact) mass is 275 g/mol. The van der Waals surface area contributed by atoms with Crippen LogP contribution in [0.3, 0.4) is 0 Å². The van der Waals surface area contributed by atoms with Crippen LogP contribution in [0, 0.1) is 6.92 Å². The summed E-state index contributed by atoms with van der Waals surface area (Å²) in [7, 11) is 2.09. The number of hydrogen-bond acceptors (Lipinski definition) is 4. The van der Waals surface area contributed by atoms with Gasteiger partial charge >= 0.3 is 0 Å². The molecular weight excluding hydrogens is 254 g/mol. The summed E-state index contributed by atoms with van der Waals surface area (Å²) >= 11 is 1.69. The second-order valence-corrected chi connectivity index (χ2v) is 6.38. The Balaban J connectivity index is 2.00. The fraction of sp³-hybridized carbons (Fsp3) is 0.400. The molecule has 0 aliphatic carbocycles. The van der Waals surface area contributed by atoms with E-state index in [1.54, 1.807) is 11.3 Å². The van der Waals surface area contributed by atoms with E-state index >= 15 is 0 Å². The van der Waals surface area contributed by atoms with Gasteiger partial charge in [0.25, 0.3) is 0 Å². The van der Waals surface area contributed by atoms with Gasteiger partial charge < -0.3 is 5.73 Å². The van der Waals surface area contributed by atoms with Gasteiger partial charge in [-0.2, -0.15) is 0 Å². The fourth-order valence-corrected chi connectivity index (χ4v) is 2.89. The van der Waals surface area contributed by atoms with E-state index in [0.717, 1.165) is 29.4 Å². The highest BCUT2D eigenvalue weighted by Crippen LogP contribution is 2.19. The number of likely N-dealkylation sites (N-methyl/N-ethyl adjacent to an activating group) is 1. The van der Waals surface area contributed by atoms with Gasteiger partial charge in [-0.25, -0.2) is 4.98 Å². The highest BCUT2D eigenvalue weighted by molar-refractivity contribution is 7.09. The van der Waals surface area contributed by atoms with E-state index in [-0.39, 0.29) is 5.54 Å². The minimum Gasteiger partial charge on any atom is -0.321 e. The number of aryl methyl sites for hydroxylation is 1. The molecule has 0 aliphatic rings. The average Bonchev–Trinajstić information content (AvgIpc) is 2.75. The molecule has 2 N–H and O–H groups in total. The molecule has 0 radical (unpaired) electrons. The Morgan fingerprint density at radius 2 is 2.00 bits per heavy atom. The molecule has 3 nitrogen and oxygen atoms in total. The van der Waals surface area contributed by atoms with Crippen LogP contribution >= 0.6 is 11.3 Å². The lowest BCUT2D eigenvalue weighted by Crippen LogP contribution is -2.43. The van der Waals surface area contributed by atoms with Gasteiger partial charge in [-0.1, -0.05) is 30.3 Å². The zero-order chi connectivity index (χ0) is 13.9. The van der Waals surface area contributed by atoms with Crippen LogP contribution in [-0.2, 0) is 12.1 Å². The number of nitrogens with zero attached hydrogens (tertiary/aromatic N) is 2. The average molecular weight is 275 g/mol. The zero-order valence-corrected chi connectivity index (χ0v) is 12.6. The number of benzene rings is 1. The lowest BCUT2D eigenvalue weighted by atomic mass is 9.93. The smallest absolute Gasteiger partial charge is 0.0897 e. The van der Waals surface area contributed by atoms with E-state index in [0.29, 0.717) is 0 Å². The minimum atomic E-state index is -0.346. The van der Waals surface area contributed by atoms with E-state index in [2.05, 4.69) is 41.4 Å². The van der Waals surface area contributed by atoms with Crippen molar-refractivity contribution in [1.29, 1.82) is 0 Å². The molecule has 1 aromatic heterocycles. The summed E-state index contributed by atoms with van der Waals surface area (Å²) in [5.41, 5.74) is 8.37. The molecule has 1 aromatic carbocycles. The van der Waals surface area contributed by atoms with Crippen LogP contribution in [0.25, 0.3) is 0 Å². The number of hydrogen-bond donors (Lipinski definition) is 1. The lowest BCUT2D eigenvalue weighted by Gasteiger charge is -2.30. The molecular formula is C15H21N3S. The molecule has 2 rings (SSSR count). The number of aromatic nitrogens is 1. The first-order valence-electron chi connectivity index (χ1n) is 6.41. The maximum Gasteiger partial charge on any atom is 0.0897 e. The molecule has 0 bridgehead atoms. The summed E-state index contributed by atoms with van der Waals surface area (Å²) in [4.78, 5) is 6.71. The molecule has 102 valence electrons. The molecule has 0 saturated heterocycles. The van der Waals surface area contributed by atoms with Gasteiger partial charge in [0, 0.05) is 18.5 Å². The fourth-order valence-electron chi connectivity index (χ4n) is 2.28. The second-order valence-electron chi connectivity index (χ2n) is 5.31. The van der Waals surface area contributed by atoms with Crippen molar-refractivity contribution in [3.8, 4) is 0 Å². The lowest BCUT2D eigenvalue weighted by molar-refractivity contribution is 0.251. The summed E-state index contributed by atoms with van der Waals surface area (Å²) < 4.78 is 0. The molecule has 4 heteroatoms. The topological polar surface area (TPSA) is 42.2 Å². The summed E-state index contributed by atoms with van der Waals surface area (Å²) in [6, 6.07) is 10.2. The molecule has 19 heavy (non-hydrogen) atoms. The Morgan fingerprint density at radius 3 is 2.58 bits per heavy atom. The maximum absolute atomic E-state index is 6.44. The maximum atomic E-state index is 6.44. The van der Waals surface area contributed by atoms with Gasteiger partial charge in [-0.3, -0.25) is 4.90 Å². The van der Waals surface area contributed by atoms with Gasteiger partial charge in [-0.05, 0) is 26.5 Å². The predicted octanol–water partition coefficient (Wildman–Crippen LogP) is 2.76. The van der Waals surface area contributed by atoms with E-state index in [1.807, 2.05) is 25.1 Å². The number of thiazole rings is 1. The number of nitrogens with two attached hydrogens (primary N) is 1. The van der Waals surface area contributed by atoms with E-state index in [1.165, 1.54) is 0 Å². The first-order valence-corrected chi connectivity index (χ1v) is 7.29. The predicted molar refractivity (Wildman–Crippen MR) is 81.2 cm³/mol. The van der Waals surface area contributed by atoms with E-state index < -0.39 is 0 Å². The van der Waals surface area contributed by atoms with Crippen molar-refractivity contribution in [1.82, 2.24) is 9.88 Å². The molecule has 0 saturated carbocycles. The quantitative estimate of drug-likeness (QED) is 0.912. The molecule has 1 unspecified atom stereocenters. The van der Waals surface area contributed by atoms with Crippen LogP contribution in [0.15, 0.2) is 35.7 Å². The Bertz CT molecular complexity index is 519. The molecule has 1 atom stereocenters. The molecule has 2 aromatic rings. The molecule has 0 spiro atoms. The molecule has 0 aliphatic heterocycles. The van der Waals surface area contributed by atoms with Crippen molar-refractivity contribution in [2.75, 3.05) is 13.6 Å². The Kier molecular flexibility index (Phi) is 4.34. The SMILES string of the molecule is Cc1nc(CN(C)CC(C)(N)c2ccccc2)cs1. The van der Waals surface area contributed by atoms with Crippen LogP contribution in [0.2, 0.25) is 0 Å². The van der Waals surface area contributed by atoms with Crippen LogP contribution in [-0.4, -0.2) is 23.5 Å². The van der Waals surface area contributed by atoms with Gasteiger partial charge in [0.1, 0.15) is 0 Å². The van der Waals surface area contributed by atoms with Crippen LogP contribution < -0.4 is 5.73 Å². The largest absolute Gasteiger partial charge is 0.321 e. The first-order chi connectivity index (χ1) is 8.97. The van der Waals surface area contributed by atoms with Gasteiger partial charge in [-0.15, -0.1) is 11.3 Å². The first kappa shape index (κ1) is 14.2. The van der Waals surface area contributed by atoms with Gasteiger partial charge in [0.05, 0.1) is 16.2 Å². The molecule has 1 heterocycles. The van der Waals surface area contributed by atoms with E-state index in [9.17, 15) is 0 Å². The highest BCUT2D eigenvalue weighted by atomic mass is 32.1. The second kappa shape index (κ2) is 5.82. The Hall–Kier alpha value is -1.23. The normalized spacial score (nSPS) is 14.6. The molecule has 0 fully saturated rings. The van der Waals surface area contributed by atoms with Crippen molar-refractivity contribution >= 4 is 11.3 Å². The van der Waals surface area contributed by atoms with Gasteiger partial charge in [0.2, 0.25) is 0 Å². The number of rotatable bonds is 5. The summed E-state index contributed by atoms with van der Waals surface area (Å²) in [5.74, 6) is 0. The highest BCUT2D eigenvalue weighted by Gasteiger charge is 2.23. The van der Waals surface area contributed by atoms with Crippen molar-refractivity contribution < 1.29 is 0 Å². The standard InChI is InChI=1S/C15H21N3S/c1-12-17-14(10-19-12)9-18(3)11-15(2,16)13-7-5-4-6-8-13/h4-8,10H,9,11,16H2,1-3H3. The van der Waals surface area contributed by atoms with Gasteiger partial charge in [0.15, 0.2) is 0 Å². The summed E-state index contributed by atoms with van der Waals surface area (Å²) in [5, 5.41) is 3.23. The molecule has 0 amide bonds. The van der Waals surface area contributed by atoms with E-state index in [4.69, 9.17) is 5.73 Å². The van der Waals surface area contributed by atoms with Crippen LogP contribution in [0.4, 0.5) is 0 Å². The summed E-state index contributed by atoms with van der Waals surface area (Å²) in [6.45, 7) is 5.74. The van der Waals surface area contributed by atoms with Crippen molar-refractivity contribution in [3.63, 3.8) is 0 Å². The van der Waals surface area contributed by atoms with Crippen molar-refractivity contribution in [3.05, 3.63) is 52.0 Å². The third-order valence-electron chi connectivity index (χ3n) is 3.13. The summed E-state index contributed by atoms with van der Waals surface area (Å²) in [6.07, 6.45) is 0. The third-order valence-corrected chi connectivity index (χ3v) is 3.95. The van der Waals surface area contributed by atoms with Crippen LogP contribution in [0.1, 0.15) is 23.2 Å².